The Bertz CT molecular complexity index is 1830. The minimum Gasteiger partial charge on any atom is -0.461 e. The molecule has 2 unspecified atom stereocenters. The Hall–Kier alpha value is -3.07. The number of ether oxygens (including phenoxy) is 1. The summed E-state index contributed by atoms with van der Waals surface area (Å²) in [5.41, 5.74) is 3.17. The normalized spacial score (nSPS) is 26.8. The Morgan fingerprint density at radius 2 is 1.89 bits per heavy atom. The number of nitrogen functional groups attached to an aromatic ring is 1. The van der Waals surface area contributed by atoms with Crippen LogP contribution in [0.4, 0.5) is 32.9 Å². The zero-order valence-electron chi connectivity index (χ0n) is 23.9. The zero-order chi connectivity index (χ0) is 31.2. The molecule has 4 saturated heterocycles. The number of piperazine rings is 1. The van der Waals surface area contributed by atoms with Gasteiger partial charge in [0.05, 0.1) is 26.3 Å². The number of benzene rings is 2. The fourth-order valence-electron chi connectivity index (χ4n) is 7.79. The van der Waals surface area contributed by atoms with Gasteiger partial charge in [0.15, 0.2) is 10.9 Å². The molecule has 0 amide bonds. The van der Waals surface area contributed by atoms with Gasteiger partial charge in [-0.3, -0.25) is 4.90 Å². The molecule has 0 radical (unpaired) electrons. The Morgan fingerprint density at radius 3 is 2.64 bits per heavy atom. The first-order chi connectivity index (χ1) is 21.5. The summed E-state index contributed by atoms with van der Waals surface area (Å²) in [6.07, 6.45) is -2.11. The fraction of sp³-hybridized carbons (Fsp3) is 0.500. The van der Waals surface area contributed by atoms with Crippen LogP contribution in [0, 0.1) is 5.82 Å². The number of thiazole rings is 1. The lowest BCUT2D eigenvalue weighted by Crippen LogP contribution is -2.51. The number of halogens is 6. The summed E-state index contributed by atoms with van der Waals surface area (Å²) in [5.74, 6) is -0.994. The van der Waals surface area contributed by atoms with Crippen molar-refractivity contribution in [1.82, 2.24) is 25.2 Å². The van der Waals surface area contributed by atoms with Crippen molar-refractivity contribution in [3.63, 3.8) is 0 Å². The van der Waals surface area contributed by atoms with E-state index in [1.54, 1.807) is 0 Å². The minimum absolute atomic E-state index is 0.0643. The van der Waals surface area contributed by atoms with Crippen LogP contribution in [0.2, 0.25) is 5.02 Å². The molecule has 2 aromatic heterocycles. The minimum atomic E-state index is -4.93. The molecule has 238 valence electrons. The summed E-state index contributed by atoms with van der Waals surface area (Å²) >= 11 is 7.32. The van der Waals surface area contributed by atoms with Gasteiger partial charge in [0, 0.05) is 54.7 Å². The Morgan fingerprint density at radius 1 is 1.11 bits per heavy atom. The number of rotatable bonds is 5. The van der Waals surface area contributed by atoms with Crippen molar-refractivity contribution in [3.05, 3.63) is 34.6 Å². The van der Waals surface area contributed by atoms with Crippen LogP contribution in [0.5, 0.6) is 6.01 Å². The quantitative estimate of drug-likeness (QED) is 0.244. The summed E-state index contributed by atoms with van der Waals surface area (Å²) in [4.78, 5) is 17.2. The molecule has 4 aliphatic rings. The van der Waals surface area contributed by atoms with Crippen molar-refractivity contribution in [2.75, 3.05) is 43.4 Å². The van der Waals surface area contributed by atoms with Gasteiger partial charge >= 0.3 is 12.2 Å². The van der Waals surface area contributed by atoms with Crippen molar-refractivity contribution in [1.29, 1.82) is 0 Å². The van der Waals surface area contributed by atoms with Gasteiger partial charge in [-0.1, -0.05) is 29.0 Å². The SMILES string of the molecule is Nc1nc2c(-c3c(C(F)(F)F)cc4c(N5CC6CCC(C5)N6)nc(OC[C@@]56CCCN5C[C@H](F)C6)nc4c3F)ccc(Cl)c2s1. The van der Waals surface area contributed by atoms with Crippen LogP contribution in [0.25, 0.3) is 32.2 Å². The van der Waals surface area contributed by atoms with Crippen LogP contribution >= 0.6 is 22.9 Å². The molecule has 8 nitrogen and oxygen atoms in total. The zero-order valence-corrected chi connectivity index (χ0v) is 25.5. The first-order valence-electron chi connectivity index (χ1n) is 15.0. The summed E-state index contributed by atoms with van der Waals surface area (Å²) in [6, 6.07) is 3.76. The Balaban J connectivity index is 1.32. The highest BCUT2D eigenvalue weighted by Gasteiger charge is 2.49. The van der Waals surface area contributed by atoms with E-state index in [1.165, 1.54) is 12.1 Å². The average molecular weight is 666 g/mol. The third kappa shape index (κ3) is 4.86. The predicted octanol–water partition coefficient (Wildman–Crippen LogP) is 6.20. The molecule has 45 heavy (non-hydrogen) atoms. The standard InChI is InChI=1S/C30H29ClF5N7OS/c31-20-5-4-17(24-25(20)45-27(37)39-24)21-19(30(34,35)36)8-18-23(22(21)33)40-28(41-26(18)42-11-15-2-3-16(12-42)38-15)44-13-29-6-1-7-43(29)10-14(32)9-29/h4-5,8,14-16,38H,1-3,6-7,9-13H2,(H2,37,39)/t14-,15?,16?,29+/m1/s1. The van der Waals surface area contributed by atoms with Gasteiger partial charge < -0.3 is 20.7 Å². The number of alkyl halides is 4. The van der Waals surface area contributed by atoms with Crippen molar-refractivity contribution in [3.8, 4) is 17.1 Å². The van der Waals surface area contributed by atoms with E-state index in [4.69, 9.17) is 22.1 Å². The van der Waals surface area contributed by atoms with Crippen LogP contribution in [0.3, 0.4) is 0 Å². The van der Waals surface area contributed by atoms with E-state index >= 15 is 4.39 Å². The monoisotopic (exact) mass is 665 g/mol. The first kappa shape index (κ1) is 29.3. The lowest BCUT2D eigenvalue weighted by molar-refractivity contribution is -0.137. The molecular formula is C30H29ClF5N7OS. The number of anilines is 2. The molecule has 2 bridgehead atoms. The van der Waals surface area contributed by atoms with Gasteiger partial charge in [-0.2, -0.15) is 23.1 Å². The number of fused-ring (bicyclic) bond motifs is 5. The van der Waals surface area contributed by atoms with E-state index in [2.05, 4.69) is 25.2 Å². The molecule has 8 rings (SSSR count). The average Bonchev–Trinajstić information content (AvgIpc) is 3.73. The number of hydrogen-bond acceptors (Lipinski definition) is 9. The van der Waals surface area contributed by atoms with E-state index in [0.29, 0.717) is 30.8 Å². The van der Waals surface area contributed by atoms with Crippen LogP contribution in [-0.4, -0.2) is 76.4 Å². The molecule has 0 saturated carbocycles. The van der Waals surface area contributed by atoms with E-state index in [1.807, 2.05) is 4.90 Å². The van der Waals surface area contributed by atoms with Crippen LogP contribution in [0.1, 0.15) is 37.7 Å². The number of nitrogens with one attached hydrogen (secondary N) is 1. The van der Waals surface area contributed by atoms with E-state index in [9.17, 15) is 17.6 Å². The summed E-state index contributed by atoms with van der Waals surface area (Å²) in [5, 5.41) is 3.77. The van der Waals surface area contributed by atoms with Gasteiger partial charge in [0.1, 0.15) is 24.1 Å². The predicted molar refractivity (Wildman–Crippen MR) is 163 cm³/mol. The lowest BCUT2D eigenvalue weighted by atomic mass is 9.95. The number of nitrogens with zero attached hydrogens (tertiary/aromatic N) is 5. The van der Waals surface area contributed by atoms with Crippen molar-refractivity contribution >= 4 is 55.0 Å². The molecule has 4 fully saturated rings. The number of aromatic nitrogens is 3. The maximum atomic E-state index is 16.9. The van der Waals surface area contributed by atoms with Crippen molar-refractivity contribution in [2.45, 2.75) is 62.1 Å². The summed E-state index contributed by atoms with van der Waals surface area (Å²) < 4.78 is 82.2. The fourth-order valence-corrected chi connectivity index (χ4v) is 8.83. The van der Waals surface area contributed by atoms with Gasteiger partial charge in [0.25, 0.3) is 0 Å². The van der Waals surface area contributed by atoms with Crippen molar-refractivity contribution < 1.29 is 26.7 Å². The van der Waals surface area contributed by atoms with E-state index in [-0.39, 0.29) is 62.7 Å². The van der Waals surface area contributed by atoms with Crippen LogP contribution < -0.4 is 20.7 Å². The molecule has 4 atom stereocenters. The lowest BCUT2D eigenvalue weighted by Gasteiger charge is -2.35. The molecule has 0 aliphatic carbocycles. The third-order valence-corrected chi connectivity index (χ3v) is 11.1. The molecule has 4 aliphatic heterocycles. The molecule has 0 spiro atoms. The number of hydrogen-bond donors (Lipinski definition) is 2. The Labute approximate surface area is 263 Å². The highest BCUT2D eigenvalue weighted by molar-refractivity contribution is 7.22. The summed E-state index contributed by atoms with van der Waals surface area (Å²) in [6.45, 7) is 2.15. The second-order valence-electron chi connectivity index (χ2n) is 12.6. The second kappa shape index (κ2) is 10.5. The molecule has 4 aromatic rings. The van der Waals surface area contributed by atoms with Gasteiger partial charge in [-0.05, 0) is 44.4 Å². The van der Waals surface area contributed by atoms with Crippen molar-refractivity contribution in [2.24, 2.45) is 0 Å². The van der Waals surface area contributed by atoms with Gasteiger partial charge in [-0.15, -0.1) is 0 Å². The maximum Gasteiger partial charge on any atom is 0.417 e. The van der Waals surface area contributed by atoms with Crippen LogP contribution in [0.15, 0.2) is 18.2 Å². The van der Waals surface area contributed by atoms with Crippen LogP contribution in [-0.2, 0) is 6.18 Å². The third-order valence-electron chi connectivity index (χ3n) is 9.72. The topological polar surface area (TPSA) is 92.4 Å². The Kier molecular flexibility index (Phi) is 6.83. The first-order valence-corrected chi connectivity index (χ1v) is 16.2. The van der Waals surface area contributed by atoms with Gasteiger partial charge in [0.2, 0.25) is 0 Å². The van der Waals surface area contributed by atoms with E-state index < -0.39 is 34.8 Å². The molecule has 2 aromatic carbocycles. The highest BCUT2D eigenvalue weighted by Crippen LogP contribution is 2.47. The molecule has 6 heterocycles. The largest absolute Gasteiger partial charge is 0.461 e. The second-order valence-corrected chi connectivity index (χ2v) is 14.0. The molecular weight excluding hydrogens is 637 g/mol. The summed E-state index contributed by atoms with van der Waals surface area (Å²) in [7, 11) is 0. The molecule has 3 N–H and O–H groups in total. The smallest absolute Gasteiger partial charge is 0.417 e. The number of nitrogens with two attached hydrogens (primary N) is 1. The van der Waals surface area contributed by atoms with E-state index in [0.717, 1.165) is 49.6 Å². The molecule has 15 heteroatoms. The maximum absolute atomic E-state index is 16.9. The highest BCUT2D eigenvalue weighted by atomic mass is 35.5. The van der Waals surface area contributed by atoms with Gasteiger partial charge in [-0.25, -0.2) is 13.8 Å².